The van der Waals surface area contributed by atoms with Crippen LogP contribution in [0.25, 0.3) is 0 Å². The monoisotopic (exact) mass is 207 g/mol. The van der Waals surface area contributed by atoms with E-state index in [-0.39, 0.29) is 12.5 Å². The predicted molar refractivity (Wildman–Crippen MR) is 56.3 cm³/mol. The zero-order chi connectivity index (χ0) is 10.8. The highest BCUT2D eigenvalue weighted by atomic mass is 16.5. The summed E-state index contributed by atoms with van der Waals surface area (Å²) in [4.78, 5) is 10.6. The van der Waals surface area contributed by atoms with E-state index in [2.05, 4.69) is 5.32 Å². The Balaban J connectivity index is 2.17. The minimum atomic E-state index is -0.813. The highest BCUT2D eigenvalue weighted by Crippen LogP contribution is 2.32. The first-order valence-electron chi connectivity index (χ1n) is 4.87. The zero-order valence-electron chi connectivity index (χ0n) is 8.49. The first kappa shape index (κ1) is 9.83. The molecule has 0 fully saturated rings. The molecule has 0 aliphatic carbocycles. The summed E-state index contributed by atoms with van der Waals surface area (Å²) in [5.74, 6) is 0.0198. The third-order valence-electron chi connectivity index (χ3n) is 2.42. The fourth-order valence-corrected chi connectivity index (χ4v) is 1.72. The van der Waals surface area contributed by atoms with Crippen molar-refractivity contribution in [2.75, 3.05) is 11.9 Å². The number of aryl methyl sites for hydroxylation is 1. The third kappa shape index (κ3) is 2.03. The lowest BCUT2D eigenvalue weighted by Crippen LogP contribution is -2.33. The number of rotatable bonds is 2. The van der Waals surface area contributed by atoms with Gasteiger partial charge in [0.1, 0.15) is 12.4 Å². The van der Waals surface area contributed by atoms with Crippen molar-refractivity contribution in [3.05, 3.63) is 23.8 Å². The predicted octanol–water partition coefficient (Wildman–Crippen LogP) is 1.64. The summed E-state index contributed by atoms with van der Waals surface area (Å²) in [6.45, 7) is 2.38. The molecule has 80 valence electrons. The average Bonchev–Trinajstić information content (AvgIpc) is 2.17. The van der Waals surface area contributed by atoms with Crippen molar-refractivity contribution in [3.8, 4) is 5.75 Å². The number of carboxylic acids is 1. The topological polar surface area (TPSA) is 58.6 Å². The van der Waals surface area contributed by atoms with Crippen LogP contribution in [0.15, 0.2) is 18.2 Å². The normalized spacial score (nSPS) is 18.6. The Bertz CT molecular complexity index is 389. The van der Waals surface area contributed by atoms with Crippen LogP contribution in [0.3, 0.4) is 0 Å². The number of para-hydroxylation sites is 1. The van der Waals surface area contributed by atoms with Crippen molar-refractivity contribution < 1.29 is 14.6 Å². The van der Waals surface area contributed by atoms with Crippen molar-refractivity contribution in [1.82, 2.24) is 0 Å². The Labute approximate surface area is 87.9 Å². The largest absolute Gasteiger partial charge is 0.489 e. The van der Waals surface area contributed by atoms with E-state index >= 15 is 0 Å². The van der Waals surface area contributed by atoms with Gasteiger partial charge in [-0.2, -0.15) is 0 Å². The molecule has 2 N–H and O–H groups in total. The van der Waals surface area contributed by atoms with E-state index in [0.29, 0.717) is 6.61 Å². The lowest BCUT2D eigenvalue weighted by molar-refractivity contribution is -0.137. The lowest BCUT2D eigenvalue weighted by atomic mass is 10.1. The number of ether oxygens (including phenoxy) is 1. The maximum absolute atomic E-state index is 10.6. The van der Waals surface area contributed by atoms with Gasteiger partial charge < -0.3 is 15.2 Å². The van der Waals surface area contributed by atoms with Crippen LogP contribution in [0, 0.1) is 6.92 Å². The van der Waals surface area contributed by atoms with Gasteiger partial charge in [0.25, 0.3) is 0 Å². The molecule has 1 heterocycles. The Morgan fingerprint density at radius 3 is 3.20 bits per heavy atom. The van der Waals surface area contributed by atoms with Gasteiger partial charge in [0.2, 0.25) is 0 Å². The molecule has 0 amide bonds. The van der Waals surface area contributed by atoms with Crippen LogP contribution in [0.5, 0.6) is 5.75 Å². The van der Waals surface area contributed by atoms with Crippen molar-refractivity contribution in [3.63, 3.8) is 0 Å². The highest BCUT2D eigenvalue weighted by molar-refractivity contribution is 5.69. The van der Waals surface area contributed by atoms with Gasteiger partial charge in [-0.3, -0.25) is 4.79 Å². The second kappa shape index (κ2) is 3.81. The second-order valence-corrected chi connectivity index (χ2v) is 3.70. The zero-order valence-corrected chi connectivity index (χ0v) is 8.49. The van der Waals surface area contributed by atoms with E-state index in [4.69, 9.17) is 9.84 Å². The Kier molecular flexibility index (Phi) is 2.49. The van der Waals surface area contributed by atoms with Crippen molar-refractivity contribution in [1.29, 1.82) is 0 Å². The maximum Gasteiger partial charge on any atom is 0.305 e. The maximum atomic E-state index is 10.6. The number of aliphatic carboxylic acids is 1. The molecule has 1 aliphatic heterocycles. The van der Waals surface area contributed by atoms with Gasteiger partial charge in [0.05, 0.1) is 18.2 Å². The van der Waals surface area contributed by atoms with Crippen LogP contribution in [0.1, 0.15) is 12.0 Å². The highest BCUT2D eigenvalue weighted by Gasteiger charge is 2.21. The van der Waals surface area contributed by atoms with Crippen molar-refractivity contribution in [2.24, 2.45) is 0 Å². The molecule has 1 unspecified atom stereocenters. The second-order valence-electron chi connectivity index (χ2n) is 3.70. The number of nitrogens with one attached hydrogen (secondary N) is 1. The molecular weight excluding hydrogens is 194 g/mol. The molecule has 15 heavy (non-hydrogen) atoms. The standard InChI is InChI=1S/C11H13NO3/c1-7-3-2-4-9-11(7)15-6-8(12-9)5-10(13)14/h2-4,8,12H,5-6H2,1H3,(H,13,14). The first-order chi connectivity index (χ1) is 7.16. The van der Waals surface area contributed by atoms with Gasteiger partial charge in [0.15, 0.2) is 0 Å². The average molecular weight is 207 g/mol. The van der Waals surface area contributed by atoms with Crippen LogP contribution in [-0.4, -0.2) is 23.7 Å². The fraction of sp³-hybridized carbons (Fsp3) is 0.364. The number of anilines is 1. The summed E-state index contributed by atoms with van der Waals surface area (Å²) in [5, 5.41) is 11.8. The van der Waals surface area contributed by atoms with E-state index in [1.807, 2.05) is 25.1 Å². The molecule has 4 heteroatoms. The molecule has 0 saturated heterocycles. The van der Waals surface area contributed by atoms with E-state index < -0.39 is 5.97 Å². The summed E-state index contributed by atoms with van der Waals surface area (Å²) in [6, 6.07) is 5.65. The van der Waals surface area contributed by atoms with Gasteiger partial charge in [-0.05, 0) is 18.6 Å². The quantitative estimate of drug-likeness (QED) is 0.774. The van der Waals surface area contributed by atoms with Crippen molar-refractivity contribution in [2.45, 2.75) is 19.4 Å². The summed E-state index contributed by atoms with van der Waals surface area (Å²) < 4.78 is 5.54. The summed E-state index contributed by atoms with van der Waals surface area (Å²) in [6.07, 6.45) is 0.0768. The molecule has 2 rings (SSSR count). The van der Waals surface area contributed by atoms with E-state index in [1.165, 1.54) is 0 Å². The minimum Gasteiger partial charge on any atom is -0.489 e. The summed E-state index contributed by atoms with van der Waals surface area (Å²) in [5.41, 5.74) is 1.95. The number of hydrogen-bond acceptors (Lipinski definition) is 3. The molecule has 1 aromatic rings. The van der Waals surface area contributed by atoms with E-state index in [0.717, 1.165) is 17.0 Å². The molecule has 1 aliphatic rings. The van der Waals surface area contributed by atoms with Crippen LogP contribution in [-0.2, 0) is 4.79 Å². The van der Waals surface area contributed by atoms with E-state index in [9.17, 15) is 4.79 Å². The van der Waals surface area contributed by atoms with E-state index in [1.54, 1.807) is 0 Å². The Hall–Kier alpha value is -1.71. The van der Waals surface area contributed by atoms with Gasteiger partial charge in [-0.15, -0.1) is 0 Å². The molecule has 4 nitrogen and oxygen atoms in total. The van der Waals surface area contributed by atoms with Gasteiger partial charge in [-0.25, -0.2) is 0 Å². The fourth-order valence-electron chi connectivity index (χ4n) is 1.72. The van der Waals surface area contributed by atoms with Crippen molar-refractivity contribution >= 4 is 11.7 Å². The number of hydrogen-bond donors (Lipinski definition) is 2. The third-order valence-corrected chi connectivity index (χ3v) is 2.42. The Morgan fingerprint density at radius 1 is 1.67 bits per heavy atom. The number of carboxylic acid groups (broad SMARTS) is 1. The molecule has 0 aromatic heterocycles. The number of benzene rings is 1. The van der Waals surface area contributed by atoms with Crippen LogP contribution < -0.4 is 10.1 Å². The number of carbonyl (C=O) groups is 1. The lowest BCUT2D eigenvalue weighted by Gasteiger charge is -2.27. The first-order valence-corrected chi connectivity index (χ1v) is 4.87. The molecule has 1 aromatic carbocycles. The molecule has 0 saturated carbocycles. The summed E-state index contributed by atoms with van der Waals surface area (Å²) >= 11 is 0. The van der Waals surface area contributed by atoms with Crippen LogP contribution in [0.4, 0.5) is 5.69 Å². The molecular formula is C11H13NO3. The molecule has 0 bridgehead atoms. The van der Waals surface area contributed by atoms with Gasteiger partial charge >= 0.3 is 5.97 Å². The van der Waals surface area contributed by atoms with Crippen LogP contribution in [0.2, 0.25) is 0 Å². The molecule has 1 atom stereocenters. The van der Waals surface area contributed by atoms with Gasteiger partial charge in [0, 0.05) is 0 Å². The Morgan fingerprint density at radius 2 is 2.47 bits per heavy atom. The number of fused-ring (bicyclic) bond motifs is 1. The molecule has 0 radical (unpaired) electrons. The minimum absolute atomic E-state index is 0.0768. The summed E-state index contributed by atoms with van der Waals surface area (Å²) in [7, 11) is 0. The van der Waals surface area contributed by atoms with Crippen LogP contribution >= 0.6 is 0 Å². The molecule has 0 spiro atoms. The van der Waals surface area contributed by atoms with Gasteiger partial charge in [-0.1, -0.05) is 12.1 Å². The smallest absolute Gasteiger partial charge is 0.305 e. The SMILES string of the molecule is Cc1cccc2c1OCC(CC(=O)O)N2.